The van der Waals surface area contributed by atoms with E-state index >= 15 is 0 Å². The van der Waals surface area contributed by atoms with E-state index in [-0.39, 0.29) is 36.8 Å². The van der Waals surface area contributed by atoms with Gasteiger partial charge in [0.15, 0.2) is 0 Å². The summed E-state index contributed by atoms with van der Waals surface area (Å²) in [6, 6.07) is -0.248. The first-order valence-electron chi connectivity index (χ1n) is 11.2. The number of hydrogen-bond acceptors (Lipinski definition) is 5. The third-order valence-electron chi connectivity index (χ3n) is 6.80. The summed E-state index contributed by atoms with van der Waals surface area (Å²) in [5, 5.41) is 0. The summed E-state index contributed by atoms with van der Waals surface area (Å²) in [5.74, 6) is 0.589. The molecular formula is C22H36N2O5. The monoisotopic (exact) mass is 408 g/mol. The van der Waals surface area contributed by atoms with Crippen molar-refractivity contribution in [3.63, 3.8) is 0 Å². The van der Waals surface area contributed by atoms with Gasteiger partial charge in [-0.05, 0) is 24.2 Å². The zero-order valence-corrected chi connectivity index (χ0v) is 18.1. The fourth-order valence-corrected chi connectivity index (χ4v) is 4.77. The molecule has 3 rings (SSSR count). The molecule has 1 saturated carbocycles. The molecule has 2 atom stereocenters. The van der Waals surface area contributed by atoms with Crippen molar-refractivity contribution in [1.82, 2.24) is 9.80 Å². The molecule has 7 nitrogen and oxygen atoms in total. The first-order valence-corrected chi connectivity index (χ1v) is 11.2. The van der Waals surface area contributed by atoms with Gasteiger partial charge in [-0.2, -0.15) is 0 Å². The molecule has 3 fully saturated rings. The van der Waals surface area contributed by atoms with Crippen LogP contribution in [0, 0.1) is 23.7 Å². The second kappa shape index (κ2) is 9.92. The molecule has 1 aliphatic carbocycles. The Balaban J connectivity index is 1.72. The van der Waals surface area contributed by atoms with Crippen LogP contribution in [0.5, 0.6) is 0 Å². The third-order valence-corrected chi connectivity index (χ3v) is 6.80. The lowest BCUT2D eigenvalue weighted by Gasteiger charge is -2.33. The molecule has 29 heavy (non-hydrogen) atoms. The van der Waals surface area contributed by atoms with Gasteiger partial charge in [0.1, 0.15) is 6.61 Å². The van der Waals surface area contributed by atoms with Crippen molar-refractivity contribution >= 4 is 17.9 Å². The quantitative estimate of drug-likeness (QED) is 0.675. The summed E-state index contributed by atoms with van der Waals surface area (Å²) in [6.45, 7) is 8.72. The number of amides is 3. The van der Waals surface area contributed by atoms with Gasteiger partial charge in [0.05, 0.1) is 19.3 Å². The number of morpholine rings is 1. The Labute approximate surface area is 174 Å². The number of rotatable bonds is 6. The van der Waals surface area contributed by atoms with E-state index in [1.54, 1.807) is 4.90 Å². The summed E-state index contributed by atoms with van der Waals surface area (Å²) in [5.41, 5.74) is 0. The molecule has 0 aromatic rings. The fraction of sp³-hybridized carbons (Fsp3) is 0.864. The molecule has 164 valence electrons. The van der Waals surface area contributed by atoms with Crippen molar-refractivity contribution < 1.29 is 23.9 Å². The molecule has 0 spiro atoms. The molecular weight excluding hydrogens is 372 g/mol. The average Bonchev–Trinajstić information content (AvgIpc) is 3.11. The SMILES string of the molecule is CC1CCC(C[C@H](CC(=O)N2CCOCC2)C(=O)N2C(=O)OC[C@@H]2C(C)C)CC1. The van der Waals surface area contributed by atoms with Crippen LogP contribution in [0.3, 0.4) is 0 Å². The minimum Gasteiger partial charge on any atom is -0.447 e. The Bertz CT molecular complexity index is 594. The van der Waals surface area contributed by atoms with Gasteiger partial charge in [-0.1, -0.05) is 46.5 Å². The minimum absolute atomic E-state index is 0.00973. The normalized spacial score (nSPS) is 29.1. The zero-order chi connectivity index (χ0) is 21.0. The van der Waals surface area contributed by atoms with Crippen molar-refractivity contribution in [3.8, 4) is 0 Å². The molecule has 3 amide bonds. The lowest BCUT2D eigenvalue weighted by molar-refractivity contribution is -0.143. The van der Waals surface area contributed by atoms with Gasteiger partial charge in [-0.25, -0.2) is 9.69 Å². The maximum atomic E-state index is 13.5. The maximum absolute atomic E-state index is 13.5. The van der Waals surface area contributed by atoms with Gasteiger partial charge in [-0.3, -0.25) is 9.59 Å². The lowest BCUT2D eigenvalue weighted by Crippen LogP contribution is -2.47. The Morgan fingerprint density at radius 2 is 1.76 bits per heavy atom. The molecule has 0 aromatic heterocycles. The van der Waals surface area contributed by atoms with Gasteiger partial charge in [0.25, 0.3) is 0 Å². The molecule has 0 N–H and O–H groups in total. The van der Waals surface area contributed by atoms with Gasteiger partial charge >= 0.3 is 6.09 Å². The van der Waals surface area contributed by atoms with Crippen molar-refractivity contribution in [1.29, 1.82) is 0 Å². The van der Waals surface area contributed by atoms with Crippen LogP contribution < -0.4 is 0 Å². The Hall–Kier alpha value is -1.63. The van der Waals surface area contributed by atoms with Crippen molar-refractivity contribution in [2.24, 2.45) is 23.7 Å². The maximum Gasteiger partial charge on any atom is 0.416 e. The van der Waals surface area contributed by atoms with Crippen LogP contribution in [-0.2, 0) is 19.1 Å². The van der Waals surface area contributed by atoms with E-state index in [2.05, 4.69) is 6.92 Å². The van der Waals surface area contributed by atoms with Crippen LogP contribution in [0.1, 0.15) is 59.3 Å². The molecule has 3 aliphatic rings. The smallest absolute Gasteiger partial charge is 0.416 e. The summed E-state index contributed by atoms with van der Waals surface area (Å²) in [7, 11) is 0. The molecule has 2 heterocycles. The number of imide groups is 1. The van der Waals surface area contributed by atoms with Crippen LogP contribution in [0.4, 0.5) is 4.79 Å². The van der Waals surface area contributed by atoms with Crippen molar-refractivity contribution in [3.05, 3.63) is 0 Å². The summed E-state index contributed by atoms with van der Waals surface area (Å²) in [4.78, 5) is 41.8. The van der Waals surface area contributed by atoms with Gasteiger partial charge in [0.2, 0.25) is 11.8 Å². The molecule has 0 bridgehead atoms. The minimum atomic E-state index is -0.560. The van der Waals surface area contributed by atoms with E-state index in [0.29, 0.717) is 38.6 Å². The highest BCUT2D eigenvalue weighted by molar-refractivity contribution is 5.96. The lowest BCUT2D eigenvalue weighted by atomic mass is 9.77. The molecule has 0 unspecified atom stereocenters. The van der Waals surface area contributed by atoms with Crippen LogP contribution >= 0.6 is 0 Å². The summed E-state index contributed by atoms with van der Waals surface area (Å²) < 4.78 is 10.5. The first kappa shape index (κ1) is 22.1. The number of nitrogens with zero attached hydrogens (tertiary/aromatic N) is 2. The molecule has 7 heteroatoms. The molecule has 2 aliphatic heterocycles. The second-order valence-corrected chi connectivity index (χ2v) is 9.35. The van der Waals surface area contributed by atoms with Crippen molar-refractivity contribution in [2.45, 2.75) is 65.3 Å². The van der Waals surface area contributed by atoms with E-state index in [9.17, 15) is 14.4 Å². The van der Waals surface area contributed by atoms with Crippen LogP contribution in [-0.4, -0.2) is 66.7 Å². The summed E-state index contributed by atoms with van der Waals surface area (Å²) in [6.07, 6.45) is 4.81. The Morgan fingerprint density at radius 1 is 1.10 bits per heavy atom. The van der Waals surface area contributed by atoms with Crippen LogP contribution in [0.25, 0.3) is 0 Å². The standard InChI is InChI=1S/C22H36N2O5/c1-15(2)19-14-29-22(27)24(19)21(26)18(12-17-6-4-16(3)5-7-17)13-20(25)23-8-10-28-11-9-23/h15-19H,4-14H2,1-3H3/t16?,17?,18-,19-/m1/s1. The topological polar surface area (TPSA) is 76.2 Å². The van der Waals surface area contributed by atoms with E-state index in [0.717, 1.165) is 18.8 Å². The predicted molar refractivity (Wildman–Crippen MR) is 108 cm³/mol. The average molecular weight is 409 g/mol. The second-order valence-electron chi connectivity index (χ2n) is 9.35. The number of hydrogen-bond donors (Lipinski definition) is 0. The molecule has 2 saturated heterocycles. The molecule has 0 radical (unpaired) electrons. The van der Waals surface area contributed by atoms with Crippen LogP contribution in [0.2, 0.25) is 0 Å². The van der Waals surface area contributed by atoms with Gasteiger partial charge in [-0.15, -0.1) is 0 Å². The van der Waals surface area contributed by atoms with Gasteiger partial charge in [0, 0.05) is 25.4 Å². The van der Waals surface area contributed by atoms with Gasteiger partial charge < -0.3 is 14.4 Å². The number of ether oxygens (including phenoxy) is 2. The number of carbonyl (C=O) groups is 3. The zero-order valence-electron chi connectivity index (χ0n) is 18.1. The first-order chi connectivity index (χ1) is 13.9. The Kier molecular flexibility index (Phi) is 7.55. The highest BCUT2D eigenvalue weighted by atomic mass is 16.6. The highest BCUT2D eigenvalue weighted by Gasteiger charge is 2.43. The van der Waals surface area contributed by atoms with E-state index in [4.69, 9.17) is 9.47 Å². The largest absolute Gasteiger partial charge is 0.447 e. The van der Waals surface area contributed by atoms with E-state index in [1.165, 1.54) is 17.7 Å². The Morgan fingerprint density at radius 3 is 2.38 bits per heavy atom. The highest BCUT2D eigenvalue weighted by Crippen LogP contribution is 2.35. The van der Waals surface area contributed by atoms with E-state index < -0.39 is 12.0 Å². The number of carbonyl (C=O) groups excluding carboxylic acids is 3. The summed E-state index contributed by atoms with van der Waals surface area (Å²) >= 11 is 0. The predicted octanol–water partition coefficient (Wildman–Crippen LogP) is 3.07. The third kappa shape index (κ3) is 5.50. The molecule has 0 aromatic carbocycles. The van der Waals surface area contributed by atoms with E-state index in [1.807, 2.05) is 13.8 Å². The number of cyclic esters (lactones) is 1. The fourth-order valence-electron chi connectivity index (χ4n) is 4.77. The van der Waals surface area contributed by atoms with Crippen LogP contribution in [0.15, 0.2) is 0 Å². The van der Waals surface area contributed by atoms with Crippen molar-refractivity contribution in [2.75, 3.05) is 32.9 Å².